The van der Waals surface area contributed by atoms with Gasteiger partial charge in [-0.25, -0.2) is 4.52 Å². The van der Waals surface area contributed by atoms with E-state index in [4.69, 9.17) is 5.26 Å². The van der Waals surface area contributed by atoms with Crippen LogP contribution in [-0.2, 0) is 6.54 Å². The number of hydrogen-bond donors (Lipinski definition) is 0. The van der Waals surface area contributed by atoms with Crippen LogP contribution in [-0.4, -0.2) is 14.2 Å². The lowest BCUT2D eigenvalue weighted by Crippen LogP contribution is -2.17. The molecule has 2 aromatic heterocycles. The lowest BCUT2D eigenvalue weighted by molar-refractivity contribution is 0.279. The Balaban J connectivity index is 2.01. The molecule has 0 atom stereocenters. The normalized spacial score (nSPS) is 16.5. The molecule has 0 unspecified atom stereocenters. The van der Waals surface area contributed by atoms with Crippen LogP contribution in [0.2, 0.25) is 0 Å². The molecule has 0 aliphatic heterocycles. The van der Waals surface area contributed by atoms with Crippen LogP contribution >= 0.6 is 0 Å². The molecule has 3 rings (SSSR count). The van der Waals surface area contributed by atoms with Gasteiger partial charge in [0.1, 0.15) is 11.6 Å². The summed E-state index contributed by atoms with van der Waals surface area (Å²) in [5.74, 6) is 0.794. The third kappa shape index (κ3) is 1.23. The number of fused-ring (bicyclic) bond motifs is 1. The average Bonchev–Trinajstić information content (AvgIpc) is 2.72. The second-order valence-corrected chi connectivity index (χ2v) is 4.19. The van der Waals surface area contributed by atoms with Crippen LogP contribution in [0.25, 0.3) is 5.65 Å². The third-order valence-electron chi connectivity index (χ3n) is 3.23. The maximum atomic E-state index is 8.96. The third-order valence-corrected chi connectivity index (χ3v) is 3.23. The molecule has 0 aromatic carbocycles. The van der Waals surface area contributed by atoms with Gasteiger partial charge in [0.15, 0.2) is 5.65 Å². The summed E-state index contributed by atoms with van der Waals surface area (Å²) >= 11 is 0. The Bertz CT molecular complexity index is 524. The van der Waals surface area contributed by atoms with Crippen molar-refractivity contribution in [3.63, 3.8) is 0 Å². The van der Waals surface area contributed by atoms with Crippen molar-refractivity contribution < 1.29 is 0 Å². The summed E-state index contributed by atoms with van der Waals surface area (Å²) in [6.07, 6.45) is 9.55. The molecule has 0 spiro atoms. The largest absolute Gasteiger partial charge is 0.330 e. The van der Waals surface area contributed by atoms with Crippen LogP contribution in [0.1, 0.15) is 24.8 Å². The zero-order valence-corrected chi connectivity index (χ0v) is 8.43. The van der Waals surface area contributed by atoms with Crippen molar-refractivity contribution in [1.82, 2.24) is 14.2 Å². The summed E-state index contributed by atoms with van der Waals surface area (Å²) in [7, 11) is 0. The van der Waals surface area contributed by atoms with Crippen molar-refractivity contribution in [2.24, 2.45) is 5.92 Å². The van der Waals surface area contributed by atoms with E-state index in [1.165, 1.54) is 19.3 Å². The Morgan fingerprint density at radius 2 is 2.33 bits per heavy atom. The molecule has 1 fully saturated rings. The van der Waals surface area contributed by atoms with Gasteiger partial charge in [-0.05, 0) is 18.8 Å². The zero-order valence-electron chi connectivity index (χ0n) is 8.43. The van der Waals surface area contributed by atoms with Gasteiger partial charge < -0.3 is 4.57 Å². The minimum Gasteiger partial charge on any atom is -0.330 e. The summed E-state index contributed by atoms with van der Waals surface area (Å²) < 4.78 is 3.92. The Kier molecular flexibility index (Phi) is 1.78. The van der Waals surface area contributed by atoms with E-state index in [0.717, 1.165) is 18.1 Å². The Morgan fingerprint density at radius 3 is 3.00 bits per heavy atom. The SMILES string of the molecule is N#Cc1cnn2ccn(CC3CCC3)c12. The van der Waals surface area contributed by atoms with Crippen LogP contribution in [0.4, 0.5) is 0 Å². The molecule has 1 aliphatic rings. The first-order valence-corrected chi connectivity index (χ1v) is 5.31. The number of nitriles is 1. The van der Waals surface area contributed by atoms with Crippen molar-refractivity contribution in [3.05, 3.63) is 24.2 Å². The molecule has 76 valence electrons. The van der Waals surface area contributed by atoms with E-state index in [1.807, 2.05) is 12.4 Å². The highest BCUT2D eigenvalue weighted by Crippen LogP contribution is 2.28. The molecule has 15 heavy (non-hydrogen) atoms. The molecule has 0 radical (unpaired) electrons. The van der Waals surface area contributed by atoms with Gasteiger partial charge in [-0.2, -0.15) is 10.4 Å². The summed E-state index contributed by atoms with van der Waals surface area (Å²) in [5, 5.41) is 13.1. The molecule has 4 heteroatoms. The Morgan fingerprint density at radius 1 is 1.47 bits per heavy atom. The van der Waals surface area contributed by atoms with Gasteiger partial charge in [-0.1, -0.05) is 6.42 Å². The standard InChI is InChI=1S/C11H12N4/c12-6-10-7-13-15-5-4-14(11(10)15)8-9-2-1-3-9/h4-5,7,9H,1-3,8H2. The Labute approximate surface area is 87.7 Å². The average molecular weight is 200 g/mol. The summed E-state index contributed by atoms with van der Waals surface area (Å²) in [4.78, 5) is 0. The molecule has 2 heterocycles. The van der Waals surface area contributed by atoms with Crippen LogP contribution in [0.15, 0.2) is 18.6 Å². The van der Waals surface area contributed by atoms with Crippen LogP contribution in [0.3, 0.4) is 0 Å². The van der Waals surface area contributed by atoms with Gasteiger partial charge in [0.2, 0.25) is 0 Å². The lowest BCUT2D eigenvalue weighted by Gasteiger charge is -2.25. The molecule has 0 N–H and O–H groups in total. The van der Waals surface area contributed by atoms with Crippen molar-refractivity contribution in [2.45, 2.75) is 25.8 Å². The summed E-state index contributed by atoms with van der Waals surface area (Å²) in [6.45, 7) is 1.02. The highest BCUT2D eigenvalue weighted by Gasteiger charge is 2.19. The number of rotatable bonds is 2. The van der Waals surface area contributed by atoms with Gasteiger partial charge in [0.25, 0.3) is 0 Å². The molecule has 0 bridgehead atoms. The maximum Gasteiger partial charge on any atom is 0.153 e. The highest BCUT2D eigenvalue weighted by atomic mass is 15.3. The van der Waals surface area contributed by atoms with Crippen molar-refractivity contribution in [3.8, 4) is 6.07 Å². The predicted octanol–water partition coefficient (Wildman–Crippen LogP) is 1.81. The summed E-state index contributed by atoms with van der Waals surface area (Å²) in [5.41, 5.74) is 1.60. The van der Waals surface area contributed by atoms with Crippen molar-refractivity contribution in [2.75, 3.05) is 0 Å². The fourth-order valence-corrected chi connectivity index (χ4v) is 2.15. The molecular weight excluding hydrogens is 188 g/mol. The Hall–Kier alpha value is -1.76. The molecule has 2 aromatic rings. The molecule has 4 nitrogen and oxygen atoms in total. The molecular formula is C11H12N4. The number of imidazole rings is 1. The van der Waals surface area contributed by atoms with Gasteiger partial charge in [-0.15, -0.1) is 0 Å². The fraction of sp³-hybridized carbons (Fsp3) is 0.455. The number of aromatic nitrogens is 3. The fourth-order valence-electron chi connectivity index (χ4n) is 2.15. The van der Waals surface area contributed by atoms with E-state index in [2.05, 4.69) is 15.7 Å². The molecule has 1 aliphatic carbocycles. The van der Waals surface area contributed by atoms with Gasteiger partial charge in [-0.3, -0.25) is 0 Å². The topological polar surface area (TPSA) is 46.0 Å². The van der Waals surface area contributed by atoms with E-state index in [1.54, 1.807) is 10.7 Å². The van der Waals surface area contributed by atoms with Crippen molar-refractivity contribution in [1.29, 1.82) is 5.26 Å². The number of nitrogens with zero attached hydrogens (tertiary/aromatic N) is 4. The second kappa shape index (κ2) is 3.13. The van der Waals surface area contributed by atoms with Gasteiger partial charge in [0, 0.05) is 18.9 Å². The van der Waals surface area contributed by atoms with E-state index >= 15 is 0 Å². The minimum absolute atomic E-state index is 0.666. The van der Waals surface area contributed by atoms with E-state index in [-0.39, 0.29) is 0 Å². The second-order valence-electron chi connectivity index (χ2n) is 4.19. The van der Waals surface area contributed by atoms with Crippen LogP contribution < -0.4 is 0 Å². The smallest absolute Gasteiger partial charge is 0.153 e. The van der Waals surface area contributed by atoms with Crippen LogP contribution in [0.5, 0.6) is 0 Å². The number of hydrogen-bond acceptors (Lipinski definition) is 2. The molecule has 0 amide bonds. The lowest BCUT2D eigenvalue weighted by atomic mass is 9.85. The van der Waals surface area contributed by atoms with E-state index in [9.17, 15) is 0 Å². The van der Waals surface area contributed by atoms with Gasteiger partial charge >= 0.3 is 0 Å². The van der Waals surface area contributed by atoms with E-state index in [0.29, 0.717) is 5.56 Å². The van der Waals surface area contributed by atoms with Crippen LogP contribution in [0, 0.1) is 17.2 Å². The molecule has 0 saturated heterocycles. The van der Waals surface area contributed by atoms with Crippen molar-refractivity contribution >= 4 is 5.65 Å². The predicted molar refractivity (Wildman–Crippen MR) is 55.2 cm³/mol. The maximum absolute atomic E-state index is 8.96. The zero-order chi connectivity index (χ0) is 10.3. The minimum atomic E-state index is 0.666. The highest BCUT2D eigenvalue weighted by molar-refractivity contribution is 5.54. The van der Waals surface area contributed by atoms with Gasteiger partial charge in [0.05, 0.1) is 6.20 Å². The summed E-state index contributed by atoms with van der Waals surface area (Å²) in [6, 6.07) is 2.18. The quantitative estimate of drug-likeness (QED) is 0.742. The van der Waals surface area contributed by atoms with E-state index < -0.39 is 0 Å². The molecule has 1 saturated carbocycles. The monoisotopic (exact) mass is 200 g/mol. The first kappa shape index (κ1) is 8.54. The first-order chi connectivity index (χ1) is 7.38. The first-order valence-electron chi connectivity index (χ1n) is 5.31.